The maximum atomic E-state index is 10.8. The van der Waals surface area contributed by atoms with E-state index in [9.17, 15) is 4.79 Å². The molecule has 0 radical (unpaired) electrons. The SMILES string of the molecule is CC.COC(=O)c1ncsc1C. The molecule has 3 nitrogen and oxygen atoms in total. The summed E-state index contributed by atoms with van der Waals surface area (Å²) in [6.45, 7) is 5.84. The van der Waals surface area contributed by atoms with Gasteiger partial charge in [0.1, 0.15) is 0 Å². The van der Waals surface area contributed by atoms with E-state index in [0.717, 1.165) is 4.88 Å². The molecule has 0 saturated carbocycles. The average molecular weight is 187 g/mol. The van der Waals surface area contributed by atoms with Crippen LogP contribution in [0.1, 0.15) is 29.2 Å². The quantitative estimate of drug-likeness (QED) is 0.633. The molecular formula is C8H13NO2S. The maximum absolute atomic E-state index is 10.8. The first kappa shape index (κ1) is 11.1. The third-order valence-corrected chi connectivity index (χ3v) is 1.88. The fourth-order valence-electron chi connectivity index (χ4n) is 0.598. The molecule has 68 valence electrons. The molecule has 0 fully saturated rings. The molecule has 0 amide bonds. The molecule has 0 aromatic carbocycles. The maximum Gasteiger partial charge on any atom is 0.357 e. The van der Waals surface area contributed by atoms with Crippen LogP contribution in [0.25, 0.3) is 0 Å². The second-order valence-electron chi connectivity index (χ2n) is 1.75. The van der Waals surface area contributed by atoms with E-state index in [4.69, 9.17) is 0 Å². The Balaban J connectivity index is 0.000000561. The van der Waals surface area contributed by atoms with Crippen LogP contribution in [-0.4, -0.2) is 18.1 Å². The van der Waals surface area contributed by atoms with Gasteiger partial charge in [-0.05, 0) is 6.92 Å². The Labute approximate surface area is 76.4 Å². The molecule has 4 heteroatoms. The second-order valence-corrected chi connectivity index (χ2v) is 2.81. The molecule has 0 unspecified atom stereocenters. The van der Waals surface area contributed by atoms with Crippen molar-refractivity contribution in [3.8, 4) is 0 Å². The number of thiazole rings is 1. The van der Waals surface area contributed by atoms with E-state index in [0.29, 0.717) is 5.69 Å². The number of nitrogens with zero attached hydrogens (tertiary/aromatic N) is 1. The van der Waals surface area contributed by atoms with Crippen molar-refractivity contribution in [2.24, 2.45) is 0 Å². The van der Waals surface area contributed by atoms with Crippen LogP contribution in [0.4, 0.5) is 0 Å². The Bertz CT molecular complexity index is 245. The van der Waals surface area contributed by atoms with Gasteiger partial charge in [-0.3, -0.25) is 0 Å². The number of esters is 1. The van der Waals surface area contributed by atoms with Gasteiger partial charge >= 0.3 is 5.97 Å². The van der Waals surface area contributed by atoms with E-state index in [1.165, 1.54) is 18.4 Å². The van der Waals surface area contributed by atoms with Crippen LogP contribution in [0.2, 0.25) is 0 Å². The molecule has 0 aliphatic rings. The van der Waals surface area contributed by atoms with Gasteiger partial charge in [-0.2, -0.15) is 0 Å². The zero-order chi connectivity index (χ0) is 9.56. The standard InChI is InChI=1S/C6H7NO2S.C2H6/c1-4-5(6(8)9-2)7-3-10-4;1-2/h3H,1-2H3;1-2H3. The van der Waals surface area contributed by atoms with Crippen molar-refractivity contribution < 1.29 is 9.53 Å². The molecule has 1 aromatic heterocycles. The molecule has 1 aromatic rings. The van der Waals surface area contributed by atoms with Crippen molar-refractivity contribution in [3.63, 3.8) is 0 Å². The molecule has 0 spiro atoms. The number of aromatic nitrogens is 1. The summed E-state index contributed by atoms with van der Waals surface area (Å²) in [5, 5.41) is 0. The van der Waals surface area contributed by atoms with E-state index in [1.54, 1.807) is 5.51 Å². The largest absolute Gasteiger partial charge is 0.464 e. The lowest BCUT2D eigenvalue weighted by atomic mass is 10.4. The first-order valence-electron chi connectivity index (χ1n) is 3.74. The summed E-state index contributed by atoms with van der Waals surface area (Å²) < 4.78 is 4.48. The minimum Gasteiger partial charge on any atom is -0.464 e. The lowest BCUT2D eigenvalue weighted by molar-refractivity contribution is 0.0594. The summed E-state index contributed by atoms with van der Waals surface area (Å²) in [4.78, 5) is 15.5. The Morgan fingerprint density at radius 2 is 2.17 bits per heavy atom. The molecule has 1 heterocycles. The van der Waals surface area contributed by atoms with Crippen LogP contribution in [0.3, 0.4) is 0 Å². The molecular weight excluding hydrogens is 174 g/mol. The van der Waals surface area contributed by atoms with Crippen LogP contribution in [0.5, 0.6) is 0 Å². The van der Waals surface area contributed by atoms with Crippen molar-refractivity contribution in [2.45, 2.75) is 20.8 Å². The van der Waals surface area contributed by atoms with Gasteiger partial charge in [-0.1, -0.05) is 13.8 Å². The summed E-state index contributed by atoms with van der Waals surface area (Å²) in [7, 11) is 1.35. The van der Waals surface area contributed by atoms with Gasteiger partial charge < -0.3 is 4.74 Å². The lowest BCUT2D eigenvalue weighted by Gasteiger charge is -1.92. The van der Waals surface area contributed by atoms with Gasteiger partial charge in [0.05, 0.1) is 12.6 Å². The number of carbonyl (C=O) groups is 1. The minimum atomic E-state index is -0.362. The van der Waals surface area contributed by atoms with Crippen LogP contribution >= 0.6 is 11.3 Å². The highest BCUT2D eigenvalue weighted by Gasteiger charge is 2.10. The van der Waals surface area contributed by atoms with E-state index in [2.05, 4.69) is 9.72 Å². The molecule has 0 atom stereocenters. The predicted molar refractivity (Wildman–Crippen MR) is 49.5 cm³/mol. The third-order valence-electron chi connectivity index (χ3n) is 1.12. The summed E-state index contributed by atoms with van der Waals surface area (Å²) in [5.41, 5.74) is 2.05. The van der Waals surface area contributed by atoms with Gasteiger partial charge in [0.25, 0.3) is 0 Å². The van der Waals surface area contributed by atoms with Crippen molar-refractivity contribution in [1.29, 1.82) is 0 Å². The van der Waals surface area contributed by atoms with Crippen LogP contribution in [-0.2, 0) is 4.74 Å². The Kier molecular flexibility index (Phi) is 5.28. The first-order chi connectivity index (χ1) is 5.75. The smallest absolute Gasteiger partial charge is 0.357 e. The van der Waals surface area contributed by atoms with Gasteiger partial charge in [0.15, 0.2) is 5.69 Å². The van der Waals surface area contributed by atoms with Crippen LogP contribution < -0.4 is 0 Å². The van der Waals surface area contributed by atoms with Crippen LogP contribution in [0.15, 0.2) is 5.51 Å². The number of hydrogen-bond donors (Lipinski definition) is 0. The fourth-order valence-corrected chi connectivity index (χ4v) is 1.16. The average Bonchev–Trinajstić information content (AvgIpc) is 2.54. The monoisotopic (exact) mass is 187 g/mol. The van der Waals surface area contributed by atoms with Crippen molar-refractivity contribution in [3.05, 3.63) is 16.1 Å². The summed E-state index contributed by atoms with van der Waals surface area (Å²) >= 11 is 1.44. The van der Waals surface area contributed by atoms with E-state index >= 15 is 0 Å². The predicted octanol–water partition coefficient (Wildman–Crippen LogP) is 2.26. The molecule has 12 heavy (non-hydrogen) atoms. The highest BCUT2D eigenvalue weighted by molar-refractivity contribution is 7.09. The Hall–Kier alpha value is -0.900. The highest BCUT2D eigenvalue weighted by atomic mass is 32.1. The summed E-state index contributed by atoms with van der Waals surface area (Å²) in [5.74, 6) is -0.362. The number of methoxy groups -OCH3 is 1. The molecule has 0 aliphatic heterocycles. The number of aryl methyl sites for hydroxylation is 1. The Morgan fingerprint density at radius 3 is 2.50 bits per heavy atom. The number of ether oxygens (including phenoxy) is 1. The molecule has 0 bridgehead atoms. The summed E-state index contributed by atoms with van der Waals surface area (Å²) in [6.07, 6.45) is 0. The first-order valence-corrected chi connectivity index (χ1v) is 4.62. The number of hydrogen-bond acceptors (Lipinski definition) is 4. The topological polar surface area (TPSA) is 39.2 Å². The van der Waals surface area contributed by atoms with Gasteiger partial charge in [-0.15, -0.1) is 11.3 Å². The molecule has 0 N–H and O–H groups in total. The zero-order valence-corrected chi connectivity index (χ0v) is 8.57. The molecule has 0 aliphatic carbocycles. The van der Waals surface area contributed by atoms with Gasteiger partial charge in [0.2, 0.25) is 0 Å². The minimum absolute atomic E-state index is 0.362. The van der Waals surface area contributed by atoms with Gasteiger partial charge in [-0.25, -0.2) is 9.78 Å². The lowest BCUT2D eigenvalue weighted by Crippen LogP contribution is -2.02. The second kappa shape index (κ2) is 5.71. The fraction of sp³-hybridized carbons (Fsp3) is 0.500. The highest BCUT2D eigenvalue weighted by Crippen LogP contribution is 2.11. The molecule has 1 rings (SSSR count). The molecule has 0 saturated heterocycles. The van der Waals surface area contributed by atoms with Crippen molar-refractivity contribution >= 4 is 17.3 Å². The van der Waals surface area contributed by atoms with E-state index in [1.807, 2.05) is 20.8 Å². The number of rotatable bonds is 1. The number of carbonyl (C=O) groups excluding carboxylic acids is 1. The van der Waals surface area contributed by atoms with E-state index in [-0.39, 0.29) is 5.97 Å². The van der Waals surface area contributed by atoms with Crippen LogP contribution in [0, 0.1) is 6.92 Å². The Morgan fingerprint density at radius 1 is 1.58 bits per heavy atom. The van der Waals surface area contributed by atoms with E-state index < -0.39 is 0 Å². The zero-order valence-electron chi connectivity index (χ0n) is 7.75. The van der Waals surface area contributed by atoms with Gasteiger partial charge in [0, 0.05) is 4.88 Å². The van der Waals surface area contributed by atoms with Crippen molar-refractivity contribution in [2.75, 3.05) is 7.11 Å². The third kappa shape index (κ3) is 2.62. The summed E-state index contributed by atoms with van der Waals surface area (Å²) in [6, 6.07) is 0. The van der Waals surface area contributed by atoms with Crippen molar-refractivity contribution in [1.82, 2.24) is 4.98 Å². The normalized spacial score (nSPS) is 8.33.